The van der Waals surface area contributed by atoms with Gasteiger partial charge in [-0.1, -0.05) is 98.8 Å². The highest BCUT2D eigenvalue weighted by Crippen LogP contribution is 2.51. The number of benzene rings is 4. The average molecular weight is 640 g/mol. The number of carbonyl (C=O) groups is 1. The van der Waals surface area contributed by atoms with Crippen molar-refractivity contribution in [2.24, 2.45) is 0 Å². The third-order valence-corrected chi connectivity index (χ3v) is 10.3. The van der Waals surface area contributed by atoms with Gasteiger partial charge in [-0.25, -0.2) is 0 Å². The van der Waals surface area contributed by atoms with Gasteiger partial charge in [-0.3, -0.25) is 4.79 Å². The van der Waals surface area contributed by atoms with Crippen molar-refractivity contribution in [1.29, 1.82) is 0 Å². The number of thiol groups is 1. The molecule has 0 N–H and O–H groups in total. The van der Waals surface area contributed by atoms with E-state index in [9.17, 15) is 4.79 Å². The van der Waals surface area contributed by atoms with Crippen LogP contribution in [-0.2, 0) is 15.6 Å². The number of hydrogen-bond donors (Lipinski definition) is 1. The molecular formula is C43H47N2OS+. The Kier molecular flexibility index (Phi) is 9.43. The summed E-state index contributed by atoms with van der Waals surface area (Å²) in [6, 6.07) is 26.4. The molecule has 0 aliphatic carbocycles. The summed E-state index contributed by atoms with van der Waals surface area (Å²) in [5.41, 5.74) is 7.52. The third-order valence-electron chi connectivity index (χ3n) is 9.94. The first-order valence-electron chi connectivity index (χ1n) is 17.0. The first-order chi connectivity index (χ1) is 22.7. The second-order valence-electron chi connectivity index (χ2n) is 13.9. The van der Waals surface area contributed by atoms with Crippen LogP contribution in [0.2, 0.25) is 0 Å². The lowest BCUT2D eigenvalue weighted by molar-refractivity contribution is -0.438. The van der Waals surface area contributed by atoms with Gasteiger partial charge in [0.2, 0.25) is 5.69 Å². The Morgan fingerprint density at radius 2 is 1.40 bits per heavy atom. The molecule has 47 heavy (non-hydrogen) atoms. The highest BCUT2D eigenvalue weighted by molar-refractivity contribution is 7.80. The molecule has 4 aromatic rings. The number of unbranched alkanes of at least 4 members (excludes halogenated alkanes) is 1. The largest absolute Gasteiger partial charge is 0.344 e. The van der Waals surface area contributed by atoms with Crippen LogP contribution in [0.1, 0.15) is 65.0 Å². The Labute approximate surface area is 286 Å². The van der Waals surface area contributed by atoms with Crippen molar-refractivity contribution in [3.8, 4) is 0 Å². The Morgan fingerprint density at radius 1 is 0.766 bits per heavy atom. The van der Waals surface area contributed by atoms with E-state index < -0.39 is 0 Å². The predicted octanol–water partition coefficient (Wildman–Crippen LogP) is 10.4. The van der Waals surface area contributed by atoms with Gasteiger partial charge in [-0.15, -0.1) is 0 Å². The van der Waals surface area contributed by atoms with E-state index in [1.54, 1.807) is 6.92 Å². The van der Waals surface area contributed by atoms with Crippen molar-refractivity contribution in [3.05, 3.63) is 132 Å². The fourth-order valence-electron chi connectivity index (χ4n) is 7.69. The second-order valence-corrected chi connectivity index (χ2v) is 14.3. The summed E-state index contributed by atoms with van der Waals surface area (Å²) in [5.74, 6) is 1.12. The Hall–Kier alpha value is -4.15. The number of allylic oxidation sites excluding steroid dienone is 8. The normalized spacial score (nSPS) is 17.7. The maximum atomic E-state index is 12.0. The lowest BCUT2D eigenvalue weighted by atomic mass is 9.79. The fraction of sp³-hybridized carbons (Fsp3) is 0.302. The molecule has 0 bridgehead atoms. The van der Waals surface area contributed by atoms with Gasteiger partial charge >= 0.3 is 0 Å². The Bertz CT molecular complexity index is 1990. The molecular weight excluding hydrogens is 593 g/mol. The van der Waals surface area contributed by atoms with Crippen molar-refractivity contribution >= 4 is 57.0 Å². The van der Waals surface area contributed by atoms with E-state index in [2.05, 4.69) is 165 Å². The van der Waals surface area contributed by atoms with E-state index >= 15 is 0 Å². The number of hydrogen-bond acceptors (Lipinski definition) is 3. The van der Waals surface area contributed by atoms with Crippen LogP contribution in [0.25, 0.3) is 21.5 Å². The number of nitrogens with zero attached hydrogens (tertiary/aromatic N) is 2. The minimum Gasteiger partial charge on any atom is -0.344 e. The van der Waals surface area contributed by atoms with Gasteiger partial charge in [-0.05, 0) is 78.3 Å². The molecule has 0 saturated heterocycles. The number of fused-ring (bicyclic) bond motifs is 6. The SMILES string of the molecule is CC(=O)CCN1/C(=C/C=C/C=C/C=C/C2=[N+](CCCCS)c3ccc4ccccc4c3C2(C)C)C(C)(C)c2c1ccc1ccccc21. The van der Waals surface area contributed by atoms with E-state index in [1.165, 1.54) is 55.5 Å². The van der Waals surface area contributed by atoms with Crippen LogP contribution in [0.3, 0.4) is 0 Å². The van der Waals surface area contributed by atoms with Gasteiger partial charge in [-0.2, -0.15) is 17.2 Å². The molecule has 0 fully saturated rings. The average Bonchev–Trinajstić information content (AvgIpc) is 3.41. The summed E-state index contributed by atoms with van der Waals surface area (Å²) < 4.78 is 2.52. The minimum atomic E-state index is -0.193. The first kappa shape index (κ1) is 32.8. The van der Waals surface area contributed by atoms with Crippen LogP contribution >= 0.6 is 12.6 Å². The molecule has 0 atom stereocenters. The summed E-state index contributed by atoms with van der Waals surface area (Å²) in [5, 5.41) is 5.16. The van der Waals surface area contributed by atoms with Gasteiger partial charge in [0.15, 0.2) is 5.71 Å². The van der Waals surface area contributed by atoms with E-state index in [0.29, 0.717) is 13.0 Å². The molecule has 240 valence electrons. The molecule has 0 unspecified atom stereocenters. The maximum Gasteiger partial charge on any atom is 0.210 e. The van der Waals surface area contributed by atoms with Crippen molar-refractivity contribution in [1.82, 2.24) is 0 Å². The molecule has 4 aromatic carbocycles. The summed E-state index contributed by atoms with van der Waals surface area (Å²) in [6.07, 6.45) is 17.9. The standard InChI is InChI=1S/C43H46N2OS/c1-31(46)27-29-45-37-26-24-33-18-12-14-20-35(33)41(37)43(4,5)39(45)22-10-8-6-7-9-21-38-42(2,3)40-34-19-13-11-17-32(34)23-25-36(40)44(38)28-15-16-30-47/h6-14,17-26H,15-16,27-30H2,1-5H3/p+1. The fourth-order valence-corrected chi connectivity index (χ4v) is 7.91. The van der Waals surface area contributed by atoms with Crippen LogP contribution in [0.4, 0.5) is 11.4 Å². The molecule has 0 aromatic heterocycles. The number of rotatable bonds is 11. The zero-order chi connectivity index (χ0) is 33.2. The van der Waals surface area contributed by atoms with Crippen LogP contribution in [0.5, 0.6) is 0 Å². The van der Waals surface area contributed by atoms with Crippen molar-refractivity contribution in [3.63, 3.8) is 0 Å². The molecule has 3 nitrogen and oxygen atoms in total. The van der Waals surface area contributed by atoms with E-state index in [-0.39, 0.29) is 16.6 Å². The molecule has 2 aliphatic heterocycles. The quantitative estimate of drug-likeness (QED) is 0.0764. The molecule has 6 rings (SSSR count). The molecule has 0 amide bonds. The second kappa shape index (κ2) is 13.5. The highest BCUT2D eigenvalue weighted by atomic mass is 32.1. The monoisotopic (exact) mass is 639 g/mol. The van der Waals surface area contributed by atoms with Gasteiger partial charge in [0.1, 0.15) is 12.3 Å². The van der Waals surface area contributed by atoms with Gasteiger partial charge < -0.3 is 4.90 Å². The van der Waals surface area contributed by atoms with Crippen molar-refractivity contribution in [2.75, 3.05) is 23.7 Å². The maximum absolute atomic E-state index is 12.0. The molecule has 2 aliphatic rings. The lowest BCUT2D eigenvalue weighted by Crippen LogP contribution is -2.28. The van der Waals surface area contributed by atoms with E-state index in [0.717, 1.165) is 25.1 Å². The van der Waals surface area contributed by atoms with E-state index in [4.69, 9.17) is 0 Å². The summed E-state index contributed by atoms with van der Waals surface area (Å²) in [7, 11) is 0. The minimum absolute atomic E-state index is 0.113. The molecule has 4 heteroatoms. The van der Waals surface area contributed by atoms with Crippen LogP contribution in [0.15, 0.2) is 121 Å². The number of anilines is 1. The zero-order valence-corrected chi connectivity index (χ0v) is 29.4. The zero-order valence-electron chi connectivity index (χ0n) is 28.5. The van der Waals surface area contributed by atoms with Gasteiger partial charge in [0.05, 0.1) is 5.41 Å². The topological polar surface area (TPSA) is 23.3 Å². The van der Waals surface area contributed by atoms with Crippen LogP contribution < -0.4 is 4.90 Å². The third kappa shape index (κ3) is 6.16. The highest BCUT2D eigenvalue weighted by Gasteiger charge is 2.45. The summed E-state index contributed by atoms with van der Waals surface area (Å²) in [4.78, 5) is 14.4. The summed E-state index contributed by atoms with van der Waals surface area (Å²) in [6.45, 7) is 12.7. The number of Topliss-reactive ketones (excluding diaryl/α,β-unsaturated/α-hetero) is 1. The Morgan fingerprint density at radius 3 is 2.11 bits per heavy atom. The van der Waals surface area contributed by atoms with Crippen LogP contribution in [-0.4, -0.2) is 34.9 Å². The molecule has 2 heterocycles. The van der Waals surface area contributed by atoms with Crippen molar-refractivity contribution in [2.45, 2.75) is 64.7 Å². The van der Waals surface area contributed by atoms with Crippen molar-refractivity contribution < 1.29 is 9.37 Å². The first-order valence-corrected chi connectivity index (χ1v) is 17.6. The molecule has 0 saturated carbocycles. The summed E-state index contributed by atoms with van der Waals surface area (Å²) >= 11 is 4.47. The van der Waals surface area contributed by atoms with Gasteiger partial charge in [0, 0.05) is 53.9 Å². The smallest absolute Gasteiger partial charge is 0.210 e. The molecule has 0 spiro atoms. The molecule has 0 radical (unpaired) electrons. The van der Waals surface area contributed by atoms with Gasteiger partial charge in [0.25, 0.3) is 0 Å². The van der Waals surface area contributed by atoms with Crippen LogP contribution in [0, 0.1) is 0 Å². The Balaban J connectivity index is 1.27. The number of ketones is 1. The predicted molar refractivity (Wildman–Crippen MR) is 205 cm³/mol. The van der Waals surface area contributed by atoms with E-state index in [1.807, 2.05) is 0 Å². The number of carbonyl (C=O) groups excluding carboxylic acids is 1. The lowest BCUT2D eigenvalue weighted by Gasteiger charge is -2.26.